The molecule has 0 aliphatic carbocycles. The van der Waals surface area contributed by atoms with Crippen molar-refractivity contribution in [1.29, 1.82) is 0 Å². The number of nitrogens with one attached hydrogen (secondary N) is 1. The Morgan fingerprint density at radius 2 is 2.00 bits per heavy atom. The summed E-state index contributed by atoms with van der Waals surface area (Å²) in [5.41, 5.74) is 0.123. The Morgan fingerprint density at radius 3 is 2.69 bits per heavy atom. The smallest absolute Gasteiger partial charge is 0.254 e. The Balaban J connectivity index is 2.33. The quantitative estimate of drug-likeness (QED) is 0.737. The third-order valence-electron chi connectivity index (χ3n) is 2.43. The van der Waals surface area contributed by atoms with Crippen LogP contribution in [0.1, 0.15) is 43.0 Å². The predicted molar refractivity (Wildman–Crippen MR) is 62.9 cm³/mol. The normalized spacial score (nSPS) is 10.1. The number of carbonyl (C=O) groups excluding carboxylic acids is 1. The average Bonchev–Trinajstić information content (AvgIpc) is 2.29. The fraction of sp³-hybridized carbons (Fsp3) is 0.462. The molecule has 1 aromatic carbocycles. The van der Waals surface area contributed by atoms with E-state index >= 15 is 0 Å². The van der Waals surface area contributed by atoms with Crippen LogP contribution in [0.4, 0.5) is 4.39 Å². The lowest BCUT2D eigenvalue weighted by Crippen LogP contribution is -2.25. The van der Waals surface area contributed by atoms with Crippen molar-refractivity contribution in [2.24, 2.45) is 0 Å². The molecule has 0 radical (unpaired) electrons. The first-order valence-corrected chi connectivity index (χ1v) is 5.78. The molecule has 0 aliphatic rings. The van der Waals surface area contributed by atoms with Crippen molar-refractivity contribution in [3.8, 4) is 0 Å². The molecule has 0 unspecified atom stereocenters. The first kappa shape index (κ1) is 12.7. The lowest BCUT2D eigenvalue weighted by Gasteiger charge is -2.05. The molecular weight excluding hydrogens is 205 g/mol. The Hall–Kier alpha value is -1.38. The number of amides is 1. The third-order valence-corrected chi connectivity index (χ3v) is 2.43. The second-order valence-corrected chi connectivity index (χ2v) is 3.80. The first-order valence-electron chi connectivity index (χ1n) is 5.78. The van der Waals surface area contributed by atoms with E-state index in [1.54, 1.807) is 12.1 Å². The molecule has 0 saturated carbocycles. The van der Waals surface area contributed by atoms with Gasteiger partial charge >= 0.3 is 0 Å². The molecule has 0 aromatic heterocycles. The molecule has 0 bridgehead atoms. The van der Waals surface area contributed by atoms with Crippen LogP contribution in [0.3, 0.4) is 0 Å². The van der Waals surface area contributed by atoms with Gasteiger partial charge in [0, 0.05) is 6.54 Å². The van der Waals surface area contributed by atoms with Crippen LogP contribution in [0.5, 0.6) is 0 Å². The molecule has 0 fully saturated rings. The van der Waals surface area contributed by atoms with Gasteiger partial charge in [0.05, 0.1) is 5.56 Å². The van der Waals surface area contributed by atoms with Crippen LogP contribution in [0.15, 0.2) is 24.3 Å². The fourth-order valence-corrected chi connectivity index (χ4v) is 1.49. The van der Waals surface area contributed by atoms with Crippen molar-refractivity contribution in [1.82, 2.24) is 5.32 Å². The van der Waals surface area contributed by atoms with Crippen molar-refractivity contribution >= 4 is 5.91 Å². The Labute approximate surface area is 95.9 Å². The molecule has 0 saturated heterocycles. The summed E-state index contributed by atoms with van der Waals surface area (Å²) < 4.78 is 13.2. The molecule has 88 valence electrons. The summed E-state index contributed by atoms with van der Waals surface area (Å²) in [5.74, 6) is -0.789. The number of carbonyl (C=O) groups is 1. The van der Waals surface area contributed by atoms with E-state index in [0.717, 1.165) is 12.8 Å². The van der Waals surface area contributed by atoms with Crippen LogP contribution in [0.2, 0.25) is 0 Å². The van der Waals surface area contributed by atoms with E-state index in [1.807, 2.05) is 0 Å². The molecule has 1 aromatic rings. The van der Waals surface area contributed by atoms with E-state index in [1.165, 1.54) is 25.0 Å². The van der Waals surface area contributed by atoms with Crippen LogP contribution in [-0.4, -0.2) is 12.5 Å². The Bertz CT molecular complexity index is 338. The number of unbranched alkanes of at least 4 members (excludes halogenated alkanes) is 3. The molecule has 0 aliphatic heterocycles. The zero-order valence-electron chi connectivity index (χ0n) is 9.63. The number of halogens is 1. The van der Waals surface area contributed by atoms with Crippen molar-refractivity contribution in [3.05, 3.63) is 35.6 Å². The van der Waals surface area contributed by atoms with Crippen molar-refractivity contribution in [3.63, 3.8) is 0 Å². The highest BCUT2D eigenvalue weighted by Crippen LogP contribution is 2.06. The van der Waals surface area contributed by atoms with Gasteiger partial charge in [-0.25, -0.2) is 4.39 Å². The summed E-state index contributed by atoms with van der Waals surface area (Å²) in [4.78, 5) is 11.5. The molecule has 0 spiro atoms. The SMILES string of the molecule is CCCCCCNC(=O)c1ccccc1F. The molecule has 16 heavy (non-hydrogen) atoms. The predicted octanol–water partition coefficient (Wildman–Crippen LogP) is 3.14. The second-order valence-electron chi connectivity index (χ2n) is 3.80. The maximum Gasteiger partial charge on any atom is 0.254 e. The number of hydrogen-bond acceptors (Lipinski definition) is 1. The molecular formula is C13H18FNO. The highest BCUT2D eigenvalue weighted by atomic mass is 19.1. The van der Waals surface area contributed by atoms with E-state index < -0.39 is 5.82 Å². The first-order chi connectivity index (χ1) is 7.75. The summed E-state index contributed by atoms with van der Waals surface area (Å²) in [7, 11) is 0. The van der Waals surface area contributed by atoms with Gasteiger partial charge in [0.15, 0.2) is 0 Å². The number of benzene rings is 1. The topological polar surface area (TPSA) is 29.1 Å². The summed E-state index contributed by atoms with van der Waals surface area (Å²) >= 11 is 0. The van der Waals surface area contributed by atoms with Crippen molar-refractivity contribution in [2.75, 3.05) is 6.54 Å². The second kappa shape index (κ2) is 6.99. The fourth-order valence-electron chi connectivity index (χ4n) is 1.49. The summed E-state index contributed by atoms with van der Waals surface area (Å²) in [5, 5.41) is 2.72. The Morgan fingerprint density at radius 1 is 1.25 bits per heavy atom. The van der Waals surface area contributed by atoms with Gasteiger partial charge in [-0.3, -0.25) is 4.79 Å². The van der Waals surface area contributed by atoms with Gasteiger partial charge in [-0.2, -0.15) is 0 Å². The van der Waals surface area contributed by atoms with Crippen molar-refractivity contribution < 1.29 is 9.18 Å². The molecule has 2 nitrogen and oxygen atoms in total. The van der Waals surface area contributed by atoms with Crippen LogP contribution >= 0.6 is 0 Å². The zero-order valence-corrected chi connectivity index (χ0v) is 9.63. The van der Waals surface area contributed by atoms with Gasteiger partial charge in [0.1, 0.15) is 5.82 Å². The number of rotatable bonds is 6. The van der Waals surface area contributed by atoms with E-state index in [0.29, 0.717) is 6.54 Å². The van der Waals surface area contributed by atoms with E-state index in [2.05, 4.69) is 12.2 Å². The summed E-state index contributed by atoms with van der Waals surface area (Å²) in [6.07, 6.45) is 4.40. The van der Waals surface area contributed by atoms with Gasteiger partial charge in [-0.05, 0) is 18.6 Å². The van der Waals surface area contributed by atoms with Gasteiger partial charge < -0.3 is 5.32 Å². The lowest BCUT2D eigenvalue weighted by atomic mass is 10.2. The molecule has 3 heteroatoms. The molecule has 1 N–H and O–H groups in total. The van der Waals surface area contributed by atoms with E-state index in [-0.39, 0.29) is 11.5 Å². The van der Waals surface area contributed by atoms with E-state index in [4.69, 9.17) is 0 Å². The minimum atomic E-state index is -0.464. The van der Waals surface area contributed by atoms with Gasteiger partial charge in [-0.1, -0.05) is 38.3 Å². The third kappa shape index (κ3) is 4.01. The number of hydrogen-bond donors (Lipinski definition) is 1. The largest absolute Gasteiger partial charge is 0.352 e. The van der Waals surface area contributed by atoms with E-state index in [9.17, 15) is 9.18 Å². The molecule has 0 heterocycles. The molecule has 1 amide bonds. The van der Waals surface area contributed by atoms with Gasteiger partial charge in [0.25, 0.3) is 5.91 Å². The summed E-state index contributed by atoms with van der Waals surface area (Å²) in [6, 6.07) is 6.03. The van der Waals surface area contributed by atoms with Crippen LogP contribution < -0.4 is 5.32 Å². The van der Waals surface area contributed by atoms with Gasteiger partial charge in [-0.15, -0.1) is 0 Å². The average molecular weight is 223 g/mol. The highest BCUT2D eigenvalue weighted by Gasteiger charge is 2.09. The Kier molecular flexibility index (Phi) is 5.54. The summed E-state index contributed by atoms with van der Waals surface area (Å²) in [6.45, 7) is 2.76. The maximum atomic E-state index is 13.2. The maximum absolute atomic E-state index is 13.2. The van der Waals surface area contributed by atoms with Crippen molar-refractivity contribution in [2.45, 2.75) is 32.6 Å². The highest BCUT2D eigenvalue weighted by molar-refractivity contribution is 5.94. The monoisotopic (exact) mass is 223 g/mol. The zero-order chi connectivity index (χ0) is 11.8. The van der Waals surface area contributed by atoms with Crippen LogP contribution in [-0.2, 0) is 0 Å². The van der Waals surface area contributed by atoms with Crippen LogP contribution in [0, 0.1) is 5.82 Å². The minimum absolute atomic E-state index is 0.123. The lowest BCUT2D eigenvalue weighted by molar-refractivity contribution is 0.0949. The van der Waals surface area contributed by atoms with Gasteiger partial charge in [0.2, 0.25) is 0 Å². The standard InChI is InChI=1S/C13H18FNO/c1-2-3-4-7-10-15-13(16)11-8-5-6-9-12(11)14/h5-6,8-9H,2-4,7,10H2,1H3,(H,15,16). The minimum Gasteiger partial charge on any atom is -0.352 e. The molecule has 1 rings (SSSR count). The molecule has 0 atom stereocenters. The van der Waals surface area contributed by atoms with Crippen LogP contribution in [0.25, 0.3) is 0 Å².